The molecule has 1 aliphatic heterocycles. The predicted octanol–water partition coefficient (Wildman–Crippen LogP) is 2.38. The van der Waals surface area contributed by atoms with Crippen LogP contribution < -0.4 is 19.5 Å². The summed E-state index contributed by atoms with van der Waals surface area (Å²) in [6.07, 6.45) is 0. The lowest BCUT2D eigenvalue weighted by atomic mass is 10.1. The number of fused-ring (bicyclic) bond motifs is 1. The van der Waals surface area contributed by atoms with Crippen molar-refractivity contribution in [2.24, 2.45) is 0 Å². The van der Waals surface area contributed by atoms with E-state index < -0.39 is 10.0 Å². The Morgan fingerprint density at radius 3 is 2.50 bits per heavy atom. The van der Waals surface area contributed by atoms with Gasteiger partial charge in [-0.1, -0.05) is 12.1 Å². The molecule has 0 aromatic heterocycles. The van der Waals surface area contributed by atoms with Crippen LogP contribution in [0.15, 0.2) is 41.3 Å². The van der Waals surface area contributed by atoms with Crippen molar-refractivity contribution in [1.82, 2.24) is 10.0 Å². The fraction of sp³-hybridized carbons (Fsp3) is 0.350. The van der Waals surface area contributed by atoms with Gasteiger partial charge in [0.05, 0.1) is 4.90 Å². The smallest absolute Gasteiger partial charge is 0.251 e. The van der Waals surface area contributed by atoms with Crippen LogP contribution in [0.1, 0.15) is 35.3 Å². The molecule has 0 aliphatic carbocycles. The number of carbonyl (C=O) groups excluding carboxylic acids is 1. The number of ether oxygens (including phenoxy) is 2. The molecule has 1 heterocycles. The standard InChI is InChI=1S/C20H24N2O5S/c1-13(2)22-28(24,25)16-6-4-14(3)17(11-16)20(23)21-12-15-5-7-18-19(10-15)27-9-8-26-18/h4-7,10-11,13,22H,8-9,12H2,1-3H3,(H,21,23). The summed E-state index contributed by atoms with van der Waals surface area (Å²) >= 11 is 0. The van der Waals surface area contributed by atoms with Crippen LogP contribution in [-0.2, 0) is 16.6 Å². The zero-order chi connectivity index (χ0) is 20.3. The number of rotatable bonds is 6. The molecule has 2 aromatic carbocycles. The van der Waals surface area contributed by atoms with Crippen LogP contribution in [0.25, 0.3) is 0 Å². The highest BCUT2D eigenvalue weighted by Crippen LogP contribution is 2.30. The Kier molecular flexibility index (Phi) is 5.90. The largest absolute Gasteiger partial charge is 0.486 e. The van der Waals surface area contributed by atoms with Gasteiger partial charge in [0.1, 0.15) is 13.2 Å². The number of nitrogens with one attached hydrogen (secondary N) is 2. The first-order chi connectivity index (χ1) is 13.3. The molecule has 8 heteroatoms. The van der Waals surface area contributed by atoms with E-state index in [1.165, 1.54) is 12.1 Å². The van der Waals surface area contributed by atoms with Crippen molar-refractivity contribution in [2.45, 2.75) is 38.3 Å². The molecule has 0 unspecified atom stereocenters. The van der Waals surface area contributed by atoms with Crippen LogP contribution in [0.5, 0.6) is 11.5 Å². The lowest BCUT2D eigenvalue weighted by molar-refractivity contribution is 0.0950. The third-order valence-electron chi connectivity index (χ3n) is 4.21. The molecule has 28 heavy (non-hydrogen) atoms. The first-order valence-corrected chi connectivity index (χ1v) is 10.5. The Balaban J connectivity index is 1.74. The summed E-state index contributed by atoms with van der Waals surface area (Å²) in [5, 5.41) is 2.83. The van der Waals surface area contributed by atoms with E-state index in [2.05, 4.69) is 10.0 Å². The molecule has 0 saturated carbocycles. The number of aryl methyl sites for hydroxylation is 1. The Bertz CT molecular complexity index is 986. The van der Waals surface area contributed by atoms with Crippen molar-refractivity contribution in [3.05, 3.63) is 53.1 Å². The molecular formula is C20H24N2O5S. The molecule has 0 fully saturated rings. The lowest BCUT2D eigenvalue weighted by Crippen LogP contribution is -2.30. The third kappa shape index (κ3) is 4.63. The fourth-order valence-corrected chi connectivity index (χ4v) is 4.14. The molecule has 0 saturated heterocycles. The van der Waals surface area contributed by atoms with Gasteiger partial charge in [-0.2, -0.15) is 0 Å². The van der Waals surface area contributed by atoms with Gasteiger partial charge in [0.15, 0.2) is 11.5 Å². The van der Waals surface area contributed by atoms with Crippen molar-refractivity contribution in [2.75, 3.05) is 13.2 Å². The van der Waals surface area contributed by atoms with Crippen molar-refractivity contribution >= 4 is 15.9 Å². The molecule has 0 spiro atoms. The molecule has 3 rings (SSSR count). The van der Waals surface area contributed by atoms with Gasteiger partial charge in [0.25, 0.3) is 5.91 Å². The SMILES string of the molecule is Cc1ccc(S(=O)(=O)NC(C)C)cc1C(=O)NCc1ccc2c(c1)OCCO2. The quantitative estimate of drug-likeness (QED) is 0.771. The number of carbonyl (C=O) groups is 1. The predicted molar refractivity (Wildman–Crippen MR) is 105 cm³/mol. The van der Waals surface area contributed by atoms with E-state index in [0.717, 1.165) is 5.56 Å². The Labute approximate surface area is 165 Å². The van der Waals surface area contributed by atoms with Gasteiger partial charge in [-0.25, -0.2) is 13.1 Å². The topological polar surface area (TPSA) is 93.7 Å². The van der Waals surface area contributed by atoms with E-state index in [-0.39, 0.29) is 23.4 Å². The molecule has 0 atom stereocenters. The summed E-state index contributed by atoms with van der Waals surface area (Å²) in [5.74, 6) is 1.00. The maximum absolute atomic E-state index is 12.6. The second-order valence-corrected chi connectivity index (χ2v) is 8.63. The van der Waals surface area contributed by atoms with Crippen LogP contribution in [-0.4, -0.2) is 33.6 Å². The van der Waals surface area contributed by atoms with Crippen LogP contribution in [0.2, 0.25) is 0 Å². The molecule has 1 aliphatic rings. The highest BCUT2D eigenvalue weighted by atomic mass is 32.2. The van der Waals surface area contributed by atoms with Crippen molar-refractivity contribution in [3.63, 3.8) is 0 Å². The molecular weight excluding hydrogens is 380 g/mol. The number of benzene rings is 2. The maximum Gasteiger partial charge on any atom is 0.251 e. The highest BCUT2D eigenvalue weighted by Gasteiger charge is 2.19. The second-order valence-electron chi connectivity index (χ2n) is 6.91. The average Bonchev–Trinajstić information content (AvgIpc) is 2.65. The molecule has 1 amide bonds. The Morgan fingerprint density at radius 1 is 1.07 bits per heavy atom. The van der Waals surface area contributed by atoms with Gasteiger partial charge in [-0.3, -0.25) is 4.79 Å². The van der Waals surface area contributed by atoms with Crippen molar-refractivity contribution in [3.8, 4) is 11.5 Å². The Hall–Kier alpha value is -2.58. The van der Waals surface area contributed by atoms with E-state index in [0.29, 0.717) is 35.8 Å². The number of amides is 1. The van der Waals surface area contributed by atoms with Gasteiger partial charge in [0.2, 0.25) is 10.0 Å². The maximum atomic E-state index is 12.6. The number of sulfonamides is 1. The first-order valence-electron chi connectivity index (χ1n) is 9.06. The zero-order valence-corrected chi connectivity index (χ0v) is 16.9. The minimum atomic E-state index is -3.67. The Morgan fingerprint density at radius 2 is 1.79 bits per heavy atom. The lowest BCUT2D eigenvalue weighted by Gasteiger charge is -2.19. The second kappa shape index (κ2) is 8.20. The summed E-state index contributed by atoms with van der Waals surface area (Å²) in [6.45, 7) is 6.56. The summed E-state index contributed by atoms with van der Waals surface area (Å²) in [5.41, 5.74) is 1.88. The number of hydrogen-bond donors (Lipinski definition) is 2. The van der Waals surface area contributed by atoms with Gasteiger partial charge < -0.3 is 14.8 Å². The van der Waals surface area contributed by atoms with E-state index in [9.17, 15) is 13.2 Å². The van der Waals surface area contributed by atoms with Crippen LogP contribution in [0.3, 0.4) is 0 Å². The minimum Gasteiger partial charge on any atom is -0.486 e. The molecule has 2 aromatic rings. The van der Waals surface area contributed by atoms with Crippen molar-refractivity contribution < 1.29 is 22.7 Å². The summed E-state index contributed by atoms with van der Waals surface area (Å²) in [7, 11) is -3.67. The number of hydrogen-bond acceptors (Lipinski definition) is 5. The first kappa shape index (κ1) is 20.2. The van der Waals surface area contributed by atoms with E-state index in [1.54, 1.807) is 26.8 Å². The summed E-state index contributed by atoms with van der Waals surface area (Å²) in [6, 6.07) is 9.79. The van der Waals surface area contributed by atoms with Crippen LogP contribution in [0, 0.1) is 6.92 Å². The minimum absolute atomic E-state index is 0.0660. The summed E-state index contributed by atoms with van der Waals surface area (Å²) < 4.78 is 38.3. The van der Waals surface area contributed by atoms with Gasteiger partial charge in [-0.05, 0) is 56.2 Å². The van der Waals surface area contributed by atoms with Crippen LogP contribution >= 0.6 is 0 Å². The zero-order valence-electron chi connectivity index (χ0n) is 16.1. The molecule has 0 bridgehead atoms. The molecule has 2 N–H and O–H groups in total. The molecule has 150 valence electrons. The van der Waals surface area contributed by atoms with Gasteiger partial charge in [0, 0.05) is 18.2 Å². The summed E-state index contributed by atoms with van der Waals surface area (Å²) in [4.78, 5) is 12.7. The average molecular weight is 404 g/mol. The third-order valence-corrected chi connectivity index (χ3v) is 5.87. The van der Waals surface area contributed by atoms with E-state index >= 15 is 0 Å². The monoisotopic (exact) mass is 404 g/mol. The van der Waals surface area contributed by atoms with Gasteiger partial charge >= 0.3 is 0 Å². The normalized spacial score (nSPS) is 13.4. The fourth-order valence-electron chi connectivity index (χ4n) is 2.87. The van der Waals surface area contributed by atoms with E-state index in [4.69, 9.17) is 9.47 Å². The molecule has 0 radical (unpaired) electrons. The van der Waals surface area contributed by atoms with Crippen LogP contribution in [0.4, 0.5) is 0 Å². The van der Waals surface area contributed by atoms with Crippen molar-refractivity contribution in [1.29, 1.82) is 0 Å². The van der Waals surface area contributed by atoms with E-state index in [1.807, 2.05) is 18.2 Å². The highest BCUT2D eigenvalue weighted by molar-refractivity contribution is 7.89. The molecule has 7 nitrogen and oxygen atoms in total. The van der Waals surface area contributed by atoms with Gasteiger partial charge in [-0.15, -0.1) is 0 Å².